The summed E-state index contributed by atoms with van der Waals surface area (Å²) in [5.41, 5.74) is 6.75. The van der Waals surface area contributed by atoms with Crippen molar-refractivity contribution < 1.29 is 13.9 Å². The number of ether oxygens (including phenoxy) is 1. The van der Waals surface area contributed by atoms with Crippen molar-refractivity contribution in [2.24, 2.45) is 4.99 Å². The van der Waals surface area contributed by atoms with Gasteiger partial charge in [-0.25, -0.2) is 14.4 Å². The van der Waals surface area contributed by atoms with Crippen molar-refractivity contribution in [3.05, 3.63) is 102 Å². The second kappa shape index (κ2) is 11.3. The van der Waals surface area contributed by atoms with E-state index in [1.54, 1.807) is 18.3 Å². The fraction of sp³-hybridized carbons (Fsp3) is 0.212. The number of morpholine rings is 1. The van der Waals surface area contributed by atoms with Crippen molar-refractivity contribution in [2.45, 2.75) is 13.5 Å². The van der Waals surface area contributed by atoms with Crippen LogP contribution in [0.3, 0.4) is 0 Å². The van der Waals surface area contributed by atoms with Gasteiger partial charge in [0.05, 0.1) is 24.5 Å². The molecule has 0 aliphatic carbocycles. The SMILES string of the molecule is Cc1ccc(NC(=O)c2ccccc2F)cc1-c1cc2cnc(=Nc3ccc(N4CCOCC4)cc3)nc-2n2c1NCC2. The van der Waals surface area contributed by atoms with Crippen molar-refractivity contribution in [1.82, 2.24) is 14.5 Å². The van der Waals surface area contributed by atoms with Crippen LogP contribution >= 0.6 is 0 Å². The summed E-state index contributed by atoms with van der Waals surface area (Å²) in [7, 11) is 0. The Balaban J connectivity index is 1.21. The molecule has 3 aromatic carbocycles. The van der Waals surface area contributed by atoms with Gasteiger partial charge in [0.2, 0.25) is 0 Å². The standard InChI is InChI=1S/C33H30FN7O2/c1-21-6-7-24(37-32(42)26-4-2-3-5-29(26)34)19-27(21)28-18-22-20-36-33(39-30(22)41-13-12-35-31(28)41)38-23-8-10-25(11-9-23)40-14-16-43-17-15-40/h2-11,18-20,35H,12-17H2,1H3,(H,37,42). The van der Waals surface area contributed by atoms with E-state index >= 15 is 0 Å². The summed E-state index contributed by atoms with van der Waals surface area (Å²) < 4.78 is 21.8. The van der Waals surface area contributed by atoms with E-state index in [0.29, 0.717) is 11.3 Å². The Bertz CT molecular complexity index is 1860. The number of aryl methyl sites for hydroxylation is 1. The number of aromatic nitrogens is 3. The fourth-order valence-corrected chi connectivity index (χ4v) is 5.63. The smallest absolute Gasteiger partial charge is 0.258 e. The second-order valence-corrected chi connectivity index (χ2v) is 10.6. The van der Waals surface area contributed by atoms with Gasteiger partial charge in [-0.1, -0.05) is 18.2 Å². The molecule has 4 aliphatic heterocycles. The van der Waals surface area contributed by atoms with E-state index in [1.165, 1.54) is 12.1 Å². The molecule has 0 aromatic heterocycles. The number of amides is 1. The minimum absolute atomic E-state index is 0.000133. The molecule has 216 valence electrons. The predicted molar refractivity (Wildman–Crippen MR) is 164 cm³/mol. The largest absolute Gasteiger partial charge is 0.378 e. The summed E-state index contributed by atoms with van der Waals surface area (Å²) in [6.07, 6.45) is 1.80. The van der Waals surface area contributed by atoms with Gasteiger partial charge in [0.15, 0.2) is 0 Å². The van der Waals surface area contributed by atoms with Crippen molar-refractivity contribution in [2.75, 3.05) is 48.4 Å². The summed E-state index contributed by atoms with van der Waals surface area (Å²) in [4.78, 5) is 29.2. The highest BCUT2D eigenvalue weighted by Gasteiger charge is 2.23. The van der Waals surface area contributed by atoms with E-state index in [1.807, 2.05) is 37.3 Å². The number of anilines is 3. The van der Waals surface area contributed by atoms with Crippen LogP contribution in [0.4, 0.5) is 27.3 Å². The summed E-state index contributed by atoms with van der Waals surface area (Å²) in [6.45, 7) is 6.78. The molecule has 43 heavy (non-hydrogen) atoms. The van der Waals surface area contributed by atoms with E-state index in [2.05, 4.69) is 43.3 Å². The maximum atomic E-state index is 14.2. The number of nitrogens with zero attached hydrogens (tertiary/aromatic N) is 5. The highest BCUT2D eigenvalue weighted by atomic mass is 19.1. The zero-order valence-corrected chi connectivity index (χ0v) is 23.7. The third-order valence-electron chi connectivity index (χ3n) is 7.85. The van der Waals surface area contributed by atoms with Crippen LogP contribution in [0.15, 0.2) is 84.0 Å². The van der Waals surface area contributed by atoms with Crippen LogP contribution in [-0.2, 0) is 11.3 Å². The number of halogens is 1. The lowest BCUT2D eigenvalue weighted by Crippen LogP contribution is -2.36. The topological polar surface area (TPSA) is 96.7 Å². The van der Waals surface area contributed by atoms with Crippen molar-refractivity contribution in [3.63, 3.8) is 0 Å². The molecular weight excluding hydrogens is 545 g/mol. The van der Waals surface area contributed by atoms with Gasteiger partial charge in [0.25, 0.3) is 11.5 Å². The lowest BCUT2D eigenvalue weighted by atomic mass is 9.98. The summed E-state index contributed by atoms with van der Waals surface area (Å²) in [5, 5.41) is 6.35. The van der Waals surface area contributed by atoms with E-state index in [-0.39, 0.29) is 5.56 Å². The second-order valence-electron chi connectivity index (χ2n) is 10.6. The minimum Gasteiger partial charge on any atom is -0.378 e. The average molecular weight is 576 g/mol. The molecule has 10 heteroatoms. The lowest BCUT2D eigenvalue weighted by Gasteiger charge is -2.28. The van der Waals surface area contributed by atoms with E-state index in [9.17, 15) is 9.18 Å². The van der Waals surface area contributed by atoms with E-state index in [0.717, 1.165) is 84.7 Å². The maximum Gasteiger partial charge on any atom is 0.258 e. The first-order chi connectivity index (χ1) is 21.0. The zero-order valence-electron chi connectivity index (χ0n) is 23.7. The monoisotopic (exact) mass is 575 g/mol. The Morgan fingerprint density at radius 3 is 2.63 bits per heavy atom. The van der Waals surface area contributed by atoms with E-state index in [4.69, 9.17) is 14.7 Å². The van der Waals surface area contributed by atoms with Gasteiger partial charge in [0.1, 0.15) is 17.5 Å². The number of fused-ring (bicyclic) bond motifs is 3. The molecule has 1 saturated heterocycles. The first kappa shape index (κ1) is 26.8. The quantitative estimate of drug-likeness (QED) is 0.298. The van der Waals surface area contributed by atoms with Crippen LogP contribution in [0.25, 0.3) is 22.5 Å². The molecule has 9 nitrogen and oxygen atoms in total. The number of carbonyl (C=O) groups is 1. The molecule has 0 saturated carbocycles. The Morgan fingerprint density at radius 1 is 1.00 bits per heavy atom. The normalized spacial score (nSPS) is 14.9. The molecule has 0 atom stereocenters. The summed E-state index contributed by atoms with van der Waals surface area (Å²) in [6, 6.07) is 21.8. The Labute approximate surface area is 248 Å². The number of hydrogen-bond donors (Lipinski definition) is 2. The molecule has 4 heterocycles. The summed E-state index contributed by atoms with van der Waals surface area (Å²) in [5.74, 6) is 0.678. The van der Waals surface area contributed by atoms with Crippen LogP contribution in [0.1, 0.15) is 15.9 Å². The van der Waals surface area contributed by atoms with Crippen LogP contribution in [0.2, 0.25) is 0 Å². The molecule has 1 amide bonds. The maximum absolute atomic E-state index is 14.2. The van der Waals surface area contributed by atoms with Crippen molar-refractivity contribution in [1.29, 1.82) is 0 Å². The van der Waals surface area contributed by atoms with Gasteiger partial charge in [-0.2, -0.15) is 4.98 Å². The number of hydrogen-bond acceptors (Lipinski definition) is 7. The molecule has 0 unspecified atom stereocenters. The van der Waals surface area contributed by atoms with Crippen LogP contribution in [0, 0.1) is 12.7 Å². The fourth-order valence-electron chi connectivity index (χ4n) is 5.63. The first-order valence-corrected chi connectivity index (χ1v) is 14.3. The third kappa shape index (κ3) is 5.32. The molecule has 3 aromatic rings. The lowest BCUT2D eigenvalue weighted by molar-refractivity contribution is 0.102. The number of rotatable bonds is 5. The molecule has 1 fully saturated rings. The number of benzene rings is 3. The Morgan fingerprint density at radius 2 is 1.81 bits per heavy atom. The van der Waals surface area contributed by atoms with Gasteiger partial charge in [0, 0.05) is 54.9 Å². The molecule has 0 bridgehead atoms. The predicted octanol–water partition coefficient (Wildman–Crippen LogP) is 5.24. The van der Waals surface area contributed by atoms with Gasteiger partial charge in [-0.15, -0.1) is 0 Å². The summed E-state index contributed by atoms with van der Waals surface area (Å²) >= 11 is 0. The third-order valence-corrected chi connectivity index (χ3v) is 7.85. The van der Waals surface area contributed by atoms with Gasteiger partial charge in [-0.05, 0) is 72.6 Å². The molecule has 2 N–H and O–H groups in total. The number of carbonyl (C=O) groups excluding carboxylic acids is 1. The van der Waals surface area contributed by atoms with Gasteiger partial charge >= 0.3 is 0 Å². The minimum atomic E-state index is -0.559. The van der Waals surface area contributed by atoms with Gasteiger partial charge in [-0.3, -0.25) is 4.79 Å². The molecule has 0 spiro atoms. The van der Waals surface area contributed by atoms with Gasteiger partial charge < -0.3 is 24.8 Å². The Hall–Kier alpha value is -5.09. The van der Waals surface area contributed by atoms with E-state index < -0.39 is 11.7 Å². The molecule has 7 rings (SSSR count). The average Bonchev–Trinajstić information content (AvgIpc) is 3.53. The molecule has 4 aliphatic rings. The van der Waals surface area contributed by atoms with Crippen LogP contribution in [-0.4, -0.2) is 53.3 Å². The van der Waals surface area contributed by atoms with Crippen molar-refractivity contribution in [3.8, 4) is 22.5 Å². The number of pyridine rings is 1. The highest BCUT2D eigenvalue weighted by molar-refractivity contribution is 6.05. The highest BCUT2D eigenvalue weighted by Crippen LogP contribution is 2.39. The van der Waals surface area contributed by atoms with Crippen LogP contribution in [0.5, 0.6) is 0 Å². The zero-order chi connectivity index (χ0) is 29.3. The number of nitrogens with one attached hydrogen (secondary N) is 2. The van der Waals surface area contributed by atoms with Crippen LogP contribution < -0.4 is 21.2 Å². The first-order valence-electron chi connectivity index (χ1n) is 14.3. The molecular formula is C33H30FN7O2. The Kier molecular flexibility index (Phi) is 7.04. The molecule has 0 radical (unpaired) electrons. The van der Waals surface area contributed by atoms with Crippen molar-refractivity contribution >= 4 is 28.8 Å².